The summed E-state index contributed by atoms with van der Waals surface area (Å²) in [6.45, 7) is 4.35. The van der Waals surface area contributed by atoms with Crippen molar-refractivity contribution < 1.29 is 13.2 Å². The lowest BCUT2D eigenvalue weighted by atomic mass is 10.3. The van der Waals surface area contributed by atoms with E-state index in [2.05, 4.69) is 15.5 Å². The fourth-order valence-corrected chi connectivity index (χ4v) is 4.92. The first-order chi connectivity index (χ1) is 13.5. The Morgan fingerprint density at radius 1 is 1.14 bits per heavy atom. The molecule has 0 aliphatic rings. The number of aromatic nitrogens is 3. The number of benzene rings is 1. The van der Waals surface area contributed by atoms with Crippen LogP contribution >= 0.6 is 11.8 Å². The summed E-state index contributed by atoms with van der Waals surface area (Å²) in [6.07, 6.45) is 1.83. The van der Waals surface area contributed by atoms with Crippen molar-refractivity contribution in [1.29, 1.82) is 0 Å². The molecule has 148 valence electrons. The molecule has 0 saturated heterocycles. The number of carbonyl (C=O) groups is 1. The number of fused-ring (bicyclic) bond motifs is 1. The summed E-state index contributed by atoms with van der Waals surface area (Å²) in [5, 5.41) is 11.5. The van der Waals surface area contributed by atoms with E-state index in [9.17, 15) is 13.2 Å². The van der Waals surface area contributed by atoms with Gasteiger partial charge in [-0.25, -0.2) is 8.42 Å². The lowest BCUT2D eigenvalue weighted by molar-refractivity contribution is -0.113. The number of nitrogens with one attached hydrogen (secondary N) is 1. The molecule has 0 unspecified atom stereocenters. The molecule has 2 heterocycles. The quantitative estimate of drug-likeness (QED) is 0.564. The van der Waals surface area contributed by atoms with Gasteiger partial charge in [0.15, 0.2) is 10.8 Å². The third-order valence-corrected chi connectivity index (χ3v) is 7.06. The van der Waals surface area contributed by atoms with Gasteiger partial charge in [-0.3, -0.25) is 9.20 Å². The van der Waals surface area contributed by atoms with Crippen LogP contribution in [0.15, 0.2) is 58.7 Å². The zero-order chi connectivity index (χ0) is 20.1. The van der Waals surface area contributed by atoms with E-state index in [4.69, 9.17) is 0 Å². The number of carbonyl (C=O) groups excluding carboxylic acids is 1. The van der Waals surface area contributed by atoms with Crippen LogP contribution in [0.2, 0.25) is 0 Å². The van der Waals surface area contributed by atoms with Gasteiger partial charge in [-0.15, -0.1) is 10.2 Å². The Hall–Kier alpha value is -2.43. The maximum absolute atomic E-state index is 12.6. The number of hydrogen-bond donors (Lipinski definition) is 1. The number of thioether (sulfide) groups is 1. The van der Waals surface area contributed by atoms with E-state index >= 15 is 0 Å². The van der Waals surface area contributed by atoms with Gasteiger partial charge in [0.05, 0.1) is 10.6 Å². The van der Waals surface area contributed by atoms with Gasteiger partial charge >= 0.3 is 0 Å². The van der Waals surface area contributed by atoms with Crippen molar-refractivity contribution in [3.05, 3.63) is 48.7 Å². The Morgan fingerprint density at radius 2 is 1.93 bits per heavy atom. The second-order valence-corrected chi connectivity index (χ2v) is 8.75. The van der Waals surface area contributed by atoms with Crippen molar-refractivity contribution >= 4 is 39.0 Å². The summed E-state index contributed by atoms with van der Waals surface area (Å²) in [4.78, 5) is 12.5. The molecule has 10 heteroatoms. The van der Waals surface area contributed by atoms with Crippen LogP contribution in [0.5, 0.6) is 0 Å². The minimum absolute atomic E-state index is 0.128. The van der Waals surface area contributed by atoms with E-state index in [1.807, 2.05) is 24.4 Å². The highest BCUT2D eigenvalue weighted by Crippen LogP contribution is 2.21. The van der Waals surface area contributed by atoms with Crippen LogP contribution in [0.4, 0.5) is 5.69 Å². The molecule has 3 aromatic rings. The number of rotatable bonds is 8. The first-order valence-electron chi connectivity index (χ1n) is 8.78. The number of anilines is 1. The molecule has 0 radical (unpaired) electrons. The standard InChI is InChI=1S/C18H21N5O3S2/c1-3-22(4-2)28(25,26)15-9-7-8-14(12-15)19-17(24)13-27-18-21-20-16-10-5-6-11-23(16)18/h5-12H,3-4,13H2,1-2H3,(H,19,24). The van der Waals surface area contributed by atoms with Gasteiger partial charge in [-0.2, -0.15) is 4.31 Å². The van der Waals surface area contributed by atoms with Gasteiger partial charge in [0.25, 0.3) is 0 Å². The number of nitrogens with zero attached hydrogens (tertiary/aromatic N) is 4. The molecule has 28 heavy (non-hydrogen) atoms. The Labute approximate surface area is 168 Å². The first-order valence-corrected chi connectivity index (χ1v) is 11.2. The van der Waals surface area contributed by atoms with Crippen LogP contribution < -0.4 is 5.32 Å². The molecule has 1 aromatic carbocycles. The maximum atomic E-state index is 12.6. The molecule has 2 aromatic heterocycles. The van der Waals surface area contributed by atoms with Crippen LogP contribution in [0.25, 0.3) is 5.65 Å². The van der Waals surface area contributed by atoms with E-state index in [-0.39, 0.29) is 16.6 Å². The molecule has 0 spiro atoms. The van der Waals surface area contributed by atoms with Crippen molar-refractivity contribution in [3.8, 4) is 0 Å². The third kappa shape index (κ3) is 4.34. The predicted octanol–water partition coefficient (Wildman–Crippen LogP) is 2.49. The lowest BCUT2D eigenvalue weighted by Gasteiger charge is -2.18. The average Bonchev–Trinajstić information content (AvgIpc) is 3.10. The highest BCUT2D eigenvalue weighted by Gasteiger charge is 2.21. The molecule has 0 saturated carbocycles. The minimum Gasteiger partial charge on any atom is -0.325 e. The molecule has 0 atom stereocenters. The van der Waals surface area contributed by atoms with E-state index < -0.39 is 10.0 Å². The van der Waals surface area contributed by atoms with Gasteiger partial charge in [-0.05, 0) is 30.3 Å². The summed E-state index contributed by atoms with van der Waals surface area (Å²) in [6, 6.07) is 11.8. The second kappa shape index (κ2) is 8.72. The predicted molar refractivity (Wildman–Crippen MR) is 109 cm³/mol. The lowest BCUT2D eigenvalue weighted by Crippen LogP contribution is -2.30. The SMILES string of the molecule is CCN(CC)S(=O)(=O)c1cccc(NC(=O)CSc2nnc3ccccn23)c1. The summed E-state index contributed by atoms with van der Waals surface area (Å²) in [5.41, 5.74) is 1.14. The topological polar surface area (TPSA) is 96.7 Å². The highest BCUT2D eigenvalue weighted by atomic mass is 32.2. The Balaban J connectivity index is 1.67. The Morgan fingerprint density at radius 3 is 2.68 bits per heavy atom. The summed E-state index contributed by atoms with van der Waals surface area (Å²) in [7, 11) is -3.58. The van der Waals surface area contributed by atoms with E-state index in [1.54, 1.807) is 30.4 Å². The van der Waals surface area contributed by atoms with Crippen LogP contribution in [-0.4, -0.2) is 52.1 Å². The maximum Gasteiger partial charge on any atom is 0.243 e. The molecule has 0 fully saturated rings. The number of sulfonamides is 1. The van der Waals surface area contributed by atoms with E-state index in [0.29, 0.717) is 29.6 Å². The average molecular weight is 420 g/mol. The fraction of sp³-hybridized carbons (Fsp3) is 0.278. The van der Waals surface area contributed by atoms with Crippen molar-refractivity contribution in [2.75, 3.05) is 24.2 Å². The van der Waals surface area contributed by atoms with Gasteiger partial charge in [0.1, 0.15) is 0 Å². The van der Waals surface area contributed by atoms with E-state index in [1.165, 1.54) is 28.2 Å². The molecule has 0 aliphatic carbocycles. The summed E-state index contributed by atoms with van der Waals surface area (Å²) < 4.78 is 28.4. The minimum atomic E-state index is -3.58. The van der Waals surface area contributed by atoms with Crippen LogP contribution in [-0.2, 0) is 14.8 Å². The van der Waals surface area contributed by atoms with Crippen LogP contribution in [0.1, 0.15) is 13.8 Å². The van der Waals surface area contributed by atoms with Crippen molar-refractivity contribution in [1.82, 2.24) is 18.9 Å². The molecule has 8 nitrogen and oxygen atoms in total. The zero-order valence-corrected chi connectivity index (χ0v) is 17.2. The van der Waals surface area contributed by atoms with Gasteiger partial charge in [0.2, 0.25) is 15.9 Å². The first kappa shape index (κ1) is 20.3. The fourth-order valence-electron chi connectivity index (χ4n) is 2.69. The van der Waals surface area contributed by atoms with E-state index in [0.717, 1.165) is 0 Å². The smallest absolute Gasteiger partial charge is 0.243 e. The van der Waals surface area contributed by atoms with Crippen molar-refractivity contribution in [2.45, 2.75) is 23.9 Å². The molecule has 0 aliphatic heterocycles. The van der Waals surface area contributed by atoms with Gasteiger partial charge in [-0.1, -0.05) is 37.7 Å². The van der Waals surface area contributed by atoms with Gasteiger partial charge < -0.3 is 5.32 Å². The van der Waals surface area contributed by atoms with Gasteiger partial charge in [0, 0.05) is 25.0 Å². The molecule has 0 bridgehead atoms. The molecule has 1 N–H and O–H groups in total. The molecular formula is C18H21N5O3S2. The Kier molecular flexibility index (Phi) is 6.32. The Bertz CT molecular complexity index is 1080. The summed E-state index contributed by atoms with van der Waals surface area (Å²) >= 11 is 1.26. The molecule has 3 rings (SSSR count). The normalized spacial score (nSPS) is 11.8. The zero-order valence-electron chi connectivity index (χ0n) is 15.6. The number of amides is 1. The van der Waals surface area contributed by atoms with Crippen LogP contribution in [0.3, 0.4) is 0 Å². The number of hydrogen-bond acceptors (Lipinski definition) is 6. The molecular weight excluding hydrogens is 398 g/mol. The van der Waals surface area contributed by atoms with Crippen LogP contribution in [0, 0.1) is 0 Å². The number of pyridine rings is 1. The largest absolute Gasteiger partial charge is 0.325 e. The monoisotopic (exact) mass is 419 g/mol. The second-order valence-electron chi connectivity index (χ2n) is 5.87. The highest BCUT2D eigenvalue weighted by molar-refractivity contribution is 7.99. The van der Waals surface area contributed by atoms with Crippen molar-refractivity contribution in [2.24, 2.45) is 0 Å². The summed E-state index contributed by atoms with van der Waals surface area (Å²) in [5.74, 6) is -0.127. The van der Waals surface area contributed by atoms with Crippen molar-refractivity contribution in [3.63, 3.8) is 0 Å². The molecule has 1 amide bonds. The third-order valence-electron chi connectivity index (χ3n) is 4.08.